The summed E-state index contributed by atoms with van der Waals surface area (Å²) in [6.07, 6.45) is 5.52. The van der Waals surface area contributed by atoms with Crippen LogP contribution in [0.25, 0.3) is 0 Å². The van der Waals surface area contributed by atoms with Crippen LogP contribution >= 0.6 is 22.6 Å². The fourth-order valence-corrected chi connectivity index (χ4v) is 2.07. The average Bonchev–Trinajstić information content (AvgIpc) is 2.34. The summed E-state index contributed by atoms with van der Waals surface area (Å²) in [4.78, 5) is 8.18. The molecule has 0 atom stereocenters. The number of nitrogens with two attached hydrogens (primary N) is 1. The maximum Gasteiger partial charge on any atom is 0.142 e. The fourth-order valence-electron chi connectivity index (χ4n) is 1.57. The van der Waals surface area contributed by atoms with Crippen molar-refractivity contribution in [2.45, 2.75) is 26.7 Å². The Morgan fingerprint density at radius 2 is 2.12 bits per heavy atom. The number of rotatable bonds is 6. The van der Waals surface area contributed by atoms with Gasteiger partial charge < -0.3 is 11.1 Å². The van der Waals surface area contributed by atoms with Crippen molar-refractivity contribution in [2.24, 2.45) is 11.1 Å². The average molecular weight is 334 g/mol. The van der Waals surface area contributed by atoms with Crippen molar-refractivity contribution in [3.8, 4) is 0 Å². The monoisotopic (exact) mass is 334 g/mol. The topological polar surface area (TPSA) is 63.8 Å². The molecule has 0 radical (unpaired) electrons. The van der Waals surface area contributed by atoms with E-state index in [4.69, 9.17) is 5.73 Å². The Morgan fingerprint density at radius 1 is 1.44 bits per heavy atom. The molecule has 1 heterocycles. The van der Waals surface area contributed by atoms with E-state index >= 15 is 0 Å². The molecule has 3 N–H and O–H groups in total. The summed E-state index contributed by atoms with van der Waals surface area (Å²) in [5, 5.41) is 3.37. The third-order valence-corrected chi connectivity index (χ3v) is 4.02. The van der Waals surface area contributed by atoms with Crippen LogP contribution in [-0.2, 0) is 0 Å². The van der Waals surface area contributed by atoms with Gasteiger partial charge in [0.05, 0.1) is 3.57 Å². The van der Waals surface area contributed by atoms with E-state index < -0.39 is 0 Å². The quantitative estimate of drug-likeness (QED) is 0.784. The van der Waals surface area contributed by atoms with E-state index in [1.165, 1.54) is 0 Å². The van der Waals surface area contributed by atoms with Crippen LogP contribution in [0.2, 0.25) is 0 Å². The van der Waals surface area contributed by atoms with Crippen LogP contribution in [-0.4, -0.2) is 23.1 Å². The van der Waals surface area contributed by atoms with E-state index in [2.05, 4.69) is 51.7 Å². The van der Waals surface area contributed by atoms with Gasteiger partial charge in [-0.25, -0.2) is 9.97 Å². The number of aromatic nitrogens is 2. The van der Waals surface area contributed by atoms with E-state index in [0.29, 0.717) is 6.54 Å². The lowest BCUT2D eigenvalue weighted by Crippen LogP contribution is -2.36. The van der Waals surface area contributed by atoms with Gasteiger partial charge in [0.1, 0.15) is 12.1 Å². The van der Waals surface area contributed by atoms with Crippen LogP contribution in [0, 0.1) is 8.99 Å². The Bertz CT molecular complexity index is 317. The highest BCUT2D eigenvalue weighted by molar-refractivity contribution is 14.1. The van der Waals surface area contributed by atoms with Gasteiger partial charge in [-0.15, -0.1) is 0 Å². The standard InChI is InChI=1S/C11H19IN4/c1-3-11(4-2,6-13)7-15-10-9(12)5-14-8-16-10/h5,8H,3-4,6-7,13H2,1-2H3,(H,14,15,16). The van der Waals surface area contributed by atoms with E-state index in [9.17, 15) is 0 Å². The second kappa shape index (κ2) is 6.34. The number of hydrogen-bond acceptors (Lipinski definition) is 4. The number of nitrogens with zero attached hydrogens (tertiary/aromatic N) is 2. The number of nitrogens with one attached hydrogen (secondary N) is 1. The first-order valence-corrected chi connectivity index (χ1v) is 6.64. The van der Waals surface area contributed by atoms with Crippen LogP contribution in [0.5, 0.6) is 0 Å². The molecule has 1 aromatic heterocycles. The first kappa shape index (κ1) is 13.6. The smallest absolute Gasteiger partial charge is 0.142 e. The summed E-state index contributed by atoms with van der Waals surface area (Å²) in [6.45, 7) is 5.93. The lowest BCUT2D eigenvalue weighted by atomic mass is 9.82. The zero-order chi connectivity index (χ0) is 12.0. The van der Waals surface area contributed by atoms with Crippen LogP contribution in [0.1, 0.15) is 26.7 Å². The Morgan fingerprint density at radius 3 is 2.62 bits per heavy atom. The molecule has 0 aliphatic carbocycles. The molecule has 16 heavy (non-hydrogen) atoms. The first-order chi connectivity index (χ1) is 7.67. The van der Waals surface area contributed by atoms with Crippen molar-refractivity contribution >= 4 is 28.4 Å². The van der Waals surface area contributed by atoms with Crippen LogP contribution in [0.15, 0.2) is 12.5 Å². The van der Waals surface area contributed by atoms with Crippen LogP contribution < -0.4 is 11.1 Å². The lowest BCUT2D eigenvalue weighted by Gasteiger charge is -2.30. The van der Waals surface area contributed by atoms with E-state index in [1.54, 1.807) is 12.5 Å². The molecule has 0 aliphatic rings. The number of hydrogen-bond donors (Lipinski definition) is 2. The lowest BCUT2D eigenvalue weighted by molar-refractivity contribution is 0.294. The Kier molecular flexibility index (Phi) is 5.40. The molecule has 5 heteroatoms. The SMILES string of the molecule is CCC(CC)(CN)CNc1ncncc1I. The normalized spacial score (nSPS) is 11.5. The second-order valence-corrected chi connectivity index (χ2v) is 5.15. The maximum absolute atomic E-state index is 5.86. The van der Waals surface area contributed by atoms with Gasteiger partial charge in [0.15, 0.2) is 0 Å². The van der Waals surface area contributed by atoms with Gasteiger partial charge in [0.2, 0.25) is 0 Å². The summed E-state index contributed by atoms with van der Waals surface area (Å²) >= 11 is 2.23. The summed E-state index contributed by atoms with van der Waals surface area (Å²) in [5.41, 5.74) is 6.03. The van der Waals surface area contributed by atoms with Gasteiger partial charge in [-0.1, -0.05) is 13.8 Å². The first-order valence-electron chi connectivity index (χ1n) is 5.57. The van der Waals surface area contributed by atoms with Crippen molar-refractivity contribution in [3.05, 3.63) is 16.1 Å². The molecule has 0 bridgehead atoms. The van der Waals surface area contributed by atoms with Gasteiger partial charge >= 0.3 is 0 Å². The predicted molar refractivity (Wildman–Crippen MR) is 75.3 cm³/mol. The molecule has 0 fully saturated rings. The van der Waals surface area contributed by atoms with Gasteiger partial charge in [0.25, 0.3) is 0 Å². The van der Waals surface area contributed by atoms with Gasteiger partial charge in [-0.2, -0.15) is 0 Å². The summed E-state index contributed by atoms with van der Waals surface area (Å²) in [5.74, 6) is 0.898. The second-order valence-electron chi connectivity index (χ2n) is 3.98. The molecule has 0 aromatic carbocycles. The minimum absolute atomic E-state index is 0.175. The molecule has 0 unspecified atom stereocenters. The van der Waals surface area contributed by atoms with Crippen molar-refractivity contribution in [1.29, 1.82) is 0 Å². The number of anilines is 1. The number of halogens is 1. The molecule has 0 amide bonds. The molecule has 0 aliphatic heterocycles. The minimum Gasteiger partial charge on any atom is -0.368 e. The van der Waals surface area contributed by atoms with Crippen LogP contribution in [0.3, 0.4) is 0 Å². The molecule has 0 saturated heterocycles. The van der Waals surface area contributed by atoms with Crippen molar-refractivity contribution < 1.29 is 0 Å². The van der Waals surface area contributed by atoms with Gasteiger partial charge in [-0.05, 0) is 47.4 Å². The molecule has 0 saturated carbocycles. The Hall–Kier alpha value is -0.430. The molecule has 0 spiro atoms. The third kappa shape index (κ3) is 3.28. The zero-order valence-corrected chi connectivity index (χ0v) is 12.0. The molecular weight excluding hydrogens is 315 g/mol. The van der Waals surface area contributed by atoms with Gasteiger partial charge in [-0.3, -0.25) is 0 Å². The summed E-state index contributed by atoms with van der Waals surface area (Å²) in [6, 6.07) is 0. The third-order valence-electron chi connectivity index (χ3n) is 3.23. The highest BCUT2D eigenvalue weighted by Gasteiger charge is 2.24. The van der Waals surface area contributed by atoms with E-state index in [-0.39, 0.29) is 5.41 Å². The van der Waals surface area contributed by atoms with E-state index in [0.717, 1.165) is 28.8 Å². The molecule has 1 aromatic rings. The molecular formula is C11H19IN4. The fraction of sp³-hybridized carbons (Fsp3) is 0.636. The predicted octanol–water partition coefficient (Wildman–Crippen LogP) is 2.26. The molecule has 4 nitrogen and oxygen atoms in total. The minimum atomic E-state index is 0.175. The molecule has 1 rings (SSSR count). The van der Waals surface area contributed by atoms with Gasteiger partial charge in [0, 0.05) is 12.7 Å². The van der Waals surface area contributed by atoms with Crippen molar-refractivity contribution in [1.82, 2.24) is 9.97 Å². The highest BCUT2D eigenvalue weighted by atomic mass is 127. The highest BCUT2D eigenvalue weighted by Crippen LogP contribution is 2.25. The van der Waals surface area contributed by atoms with E-state index in [1.807, 2.05) is 0 Å². The largest absolute Gasteiger partial charge is 0.368 e. The maximum atomic E-state index is 5.86. The zero-order valence-electron chi connectivity index (χ0n) is 9.83. The Balaban J connectivity index is 2.66. The molecule has 90 valence electrons. The van der Waals surface area contributed by atoms with Crippen LogP contribution in [0.4, 0.5) is 5.82 Å². The van der Waals surface area contributed by atoms with Crippen molar-refractivity contribution in [2.75, 3.05) is 18.4 Å². The summed E-state index contributed by atoms with van der Waals surface area (Å²) < 4.78 is 1.04. The van der Waals surface area contributed by atoms with Crippen molar-refractivity contribution in [3.63, 3.8) is 0 Å². The Labute approximate surface area is 111 Å². The summed E-state index contributed by atoms with van der Waals surface area (Å²) in [7, 11) is 0.